The van der Waals surface area contributed by atoms with E-state index in [-0.39, 0.29) is 5.79 Å². The fraction of sp³-hybridized carbons (Fsp3) is 0.800. The van der Waals surface area contributed by atoms with Gasteiger partial charge in [-0.15, -0.1) is 0 Å². The minimum Gasteiger partial charge on any atom is -0.467 e. The van der Waals surface area contributed by atoms with Gasteiger partial charge in [0, 0.05) is 19.3 Å². The first kappa shape index (κ1) is 8.11. The van der Waals surface area contributed by atoms with Gasteiger partial charge in [0.15, 0.2) is 0 Å². The van der Waals surface area contributed by atoms with E-state index in [1.807, 2.05) is 0 Å². The average molecular weight is 168 g/mol. The van der Waals surface area contributed by atoms with Crippen molar-refractivity contribution in [2.75, 3.05) is 6.61 Å². The van der Waals surface area contributed by atoms with Crippen molar-refractivity contribution in [1.29, 1.82) is 0 Å². The third kappa shape index (κ3) is 1.48. The van der Waals surface area contributed by atoms with Crippen molar-refractivity contribution in [3.05, 3.63) is 12.3 Å². The Kier molecular flexibility index (Phi) is 2.09. The molecule has 1 atom stereocenters. The predicted octanol–water partition coefficient (Wildman–Crippen LogP) is 2.60. The number of ether oxygens (including phenoxy) is 2. The molecule has 2 rings (SSSR count). The molecule has 2 saturated heterocycles. The topological polar surface area (TPSA) is 18.5 Å². The van der Waals surface area contributed by atoms with E-state index in [4.69, 9.17) is 9.47 Å². The molecule has 0 amide bonds. The molecule has 0 saturated carbocycles. The van der Waals surface area contributed by atoms with Crippen molar-refractivity contribution in [3.63, 3.8) is 0 Å². The molecule has 2 fully saturated rings. The Balaban J connectivity index is 2.03. The first-order chi connectivity index (χ1) is 5.81. The molecule has 2 nitrogen and oxygen atoms in total. The molecule has 2 heteroatoms. The molecule has 68 valence electrons. The Bertz CT molecular complexity index is 178. The molecule has 0 N–H and O–H groups in total. The van der Waals surface area contributed by atoms with Crippen LogP contribution in [0.15, 0.2) is 12.3 Å². The quantitative estimate of drug-likeness (QED) is 0.553. The zero-order chi connectivity index (χ0) is 8.44. The minimum absolute atomic E-state index is 0.270. The van der Waals surface area contributed by atoms with Crippen LogP contribution in [0.1, 0.15) is 38.5 Å². The van der Waals surface area contributed by atoms with Crippen molar-refractivity contribution < 1.29 is 9.47 Å². The van der Waals surface area contributed by atoms with E-state index >= 15 is 0 Å². The molecule has 0 radical (unpaired) electrons. The van der Waals surface area contributed by atoms with Crippen molar-refractivity contribution in [2.24, 2.45) is 0 Å². The van der Waals surface area contributed by atoms with E-state index in [9.17, 15) is 0 Å². The lowest BCUT2D eigenvalue weighted by molar-refractivity contribution is -0.193. The van der Waals surface area contributed by atoms with Gasteiger partial charge in [-0.3, -0.25) is 0 Å². The maximum atomic E-state index is 5.74. The van der Waals surface area contributed by atoms with E-state index < -0.39 is 0 Å². The molecular formula is C10H16O2. The Morgan fingerprint density at radius 1 is 1.17 bits per heavy atom. The molecule has 12 heavy (non-hydrogen) atoms. The van der Waals surface area contributed by atoms with Crippen LogP contribution in [0.2, 0.25) is 0 Å². The van der Waals surface area contributed by atoms with Crippen molar-refractivity contribution >= 4 is 0 Å². The van der Waals surface area contributed by atoms with Gasteiger partial charge in [-0.25, -0.2) is 0 Å². The molecule has 0 aromatic heterocycles. The van der Waals surface area contributed by atoms with Crippen LogP contribution in [0.3, 0.4) is 0 Å². The van der Waals surface area contributed by atoms with Crippen LogP contribution in [0.4, 0.5) is 0 Å². The summed E-state index contributed by atoms with van der Waals surface area (Å²) in [6.07, 6.45) is 6.71. The van der Waals surface area contributed by atoms with Crippen LogP contribution < -0.4 is 0 Å². The smallest absolute Gasteiger partial charge is 0.210 e. The lowest BCUT2D eigenvalue weighted by atomic mass is 10.1. The highest BCUT2D eigenvalue weighted by atomic mass is 16.7. The second-order valence-electron chi connectivity index (χ2n) is 3.71. The monoisotopic (exact) mass is 168 g/mol. The highest BCUT2D eigenvalue weighted by molar-refractivity contribution is 4.95. The Morgan fingerprint density at radius 2 is 2.08 bits per heavy atom. The zero-order valence-electron chi connectivity index (χ0n) is 7.47. The molecule has 1 spiro atoms. The Morgan fingerprint density at radius 3 is 2.83 bits per heavy atom. The highest BCUT2D eigenvalue weighted by Gasteiger charge is 2.39. The third-order valence-electron chi connectivity index (χ3n) is 2.68. The van der Waals surface area contributed by atoms with Gasteiger partial charge in [0.1, 0.15) is 0 Å². The predicted molar refractivity (Wildman–Crippen MR) is 46.6 cm³/mol. The van der Waals surface area contributed by atoms with Crippen LogP contribution in [0.5, 0.6) is 0 Å². The van der Waals surface area contributed by atoms with E-state index in [2.05, 4.69) is 6.58 Å². The third-order valence-corrected chi connectivity index (χ3v) is 2.68. The maximum absolute atomic E-state index is 5.74. The van der Waals surface area contributed by atoms with Crippen LogP contribution in [0, 0.1) is 0 Å². The summed E-state index contributed by atoms with van der Waals surface area (Å²) >= 11 is 0. The SMILES string of the molecule is C=C1CCC2(CCCCCO2)O1. The maximum Gasteiger partial charge on any atom is 0.210 e. The standard InChI is InChI=1S/C10H16O2/c1-9-5-7-10(12-9)6-3-2-4-8-11-10/h1-8H2. The molecular weight excluding hydrogens is 152 g/mol. The number of allylic oxidation sites excluding steroid dienone is 1. The van der Waals surface area contributed by atoms with Gasteiger partial charge in [-0.05, 0) is 12.8 Å². The zero-order valence-corrected chi connectivity index (χ0v) is 7.47. The highest BCUT2D eigenvalue weighted by Crippen LogP contribution is 2.38. The summed E-state index contributed by atoms with van der Waals surface area (Å²) in [5, 5.41) is 0. The summed E-state index contributed by atoms with van der Waals surface area (Å²) in [6, 6.07) is 0. The van der Waals surface area contributed by atoms with Crippen molar-refractivity contribution in [2.45, 2.75) is 44.3 Å². The molecule has 0 aliphatic carbocycles. The number of hydrogen-bond acceptors (Lipinski definition) is 2. The first-order valence-corrected chi connectivity index (χ1v) is 4.82. The summed E-state index contributed by atoms with van der Waals surface area (Å²) in [5.41, 5.74) is 0. The second-order valence-corrected chi connectivity index (χ2v) is 3.71. The fourth-order valence-corrected chi connectivity index (χ4v) is 1.98. The van der Waals surface area contributed by atoms with Crippen LogP contribution in [-0.2, 0) is 9.47 Å². The molecule has 0 aromatic rings. The lowest BCUT2D eigenvalue weighted by Gasteiger charge is -2.26. The van der Waals surface area contributed by atoms with Crippen LogP contribution in [-0.4, -0.2) is 12.4 Å². The summed E-state index contributed by atoms with van der Waals surface area (Å²) in [6.45, 7) is 4.69. The van der Waals surface area contributed by atoms with Gasteiger partial charge < -0.3 is 9.47 Å². The van der Waals surface area contributed by atoms with Gasteiger partial charge >= 0.3 is 0 Å². The molecule has 1 unspecified atom stereocenters. The summed E-state index contributed by atoms with van der Waals surface area (Å²) in [5.74, 6) is 0.630. The molecule has 0 bridgehead atoms. The average Bonchev–Trinajstić information content (AvgIpc) is 2.30. The van der Waals surface area contributed by atoms with Gasteiger partial charge in [0.25, 0.3) is 0 Å². The lowest BCUT2D eigenvalue weighted by Crippen LogP contribution is -2.30. The van der Waals surface area contributed by atoms with Crippen molar-refractivity contribution in [3.8, 4) is 0 Å². The summed E-state index contributed by atoms with van der Waals surface area (Å²) in [4.78, 5) is 0. The van der Waals surface area contributed by atoms with E-state index in [1.165, 1.54) is 19.3 Å². The Hall–Kier alpha value is -0.500. The molecule has 2 aliphatic heterocycles. The molecule has 2 heterocycles. The van der Waals surface area contributed by atoms with E-state index in [0.717, 1.165) is 31.6 Å². The summed E-state index contributed by atoms with van der Waals surface area (Å²) < 4.78 is 11.4. The first-order valence-electron chi connectivity index (χ1n) is 4.82. The van der Waals surface area contributed by atoms with Crippen LogP contribution >= 0.6 is 0 Å². The van der Waals surface area contributed by atoms with Gasteiger partial charge in [-0.1, -0.05) is 13.0 Å². The van der Waals surface area contributed by atoms with Crippen molar-refractivity contribution in [1.82, 2.24) is 0 Å². The Labute approximate surface area is 73.5 Å². The second kappa shape index (κ2) is 3.09. The molecule has 0 aromatic carbocycles. The minimum atomic E-state index is -0.270. The fourth-order valence-electron chi connectivity index (χ4n) is 1.98. The number of rotatable bonds is 0. The molecule has 2 aliphatic rings. The van der Waals surface area contributed by atoms with E-state index in [1.54, 1.807) is 0 Å². The number of hydrogen-bond donors (Lipinski definition) is 0. The van der Waals surface area contributed by atoms with Gasteiger partial charge in [0.2, 0.25) is 5.79 Å². The largest absolute Gasteiger partial charge is 0.467 e. The van der Waals surface area contributed by atoms with Gasteiger partial charge in [0.05, 0.1) is 12.4 Å². The normalized spacial score (nSPS) is 36.5. The summed E-state index contributed by atoms with van der Waals surface area (Å²) in [7, 11) is 0. The van der Waals surface area contributed by atoms with Crippen LogP contribution in [0.25, 0.3) is 0 Å². The van der Waals surface area contributed by atoms with E-state index in [0.29, 0.717) is 0 Å². The van der Waals surface area contributed by atoms with Gasteiger partial charge in [-0.2, -0.15) is 0 Å².